The number of aliphatic hydroxyl groups excluding tert-OH is 1. The molecule has 1 saturated heterocycles. The zero-order chi connectivity index (χ0) is 21.0. The Morgan fingerprint density at radius 2 is 1.86 bits per heavy atom. The number of hydrogen-bond acceptors (Lipinski definition) is 6. The van der Waals surface area contributed by atoms with Crippen LogP contribution < -0.4 is 4.90 Å². The van der Waals surface area contributed by atoms with Crippen molar-refractivity contribution in [2.24, 2.45) is 0 Å². The van der Waals surface area contributed by atoms with Crippen molar-refractivity contribution in [2.45, 2.75) is 37.9 Å². The first kappa shape index (κ1) is 21.0. The van der Waals surface area contributed by atoms with E-state index in [0.29, 0.717) is 18.9 Å². The molecule has 156 valence electrons. The summed E-state index contributed by atoms with van der Waals surface area (Å²) in [6.07, 6.45) is -0.250. The van der Waals surface area contributed by atoms with Crippen LogP contribution in [-0.2, 0) is 10.9 Å². The number of alkyl halides is 3. The summed E-state index contributed by atoms with van der Waals surface area (Å²) in [7, 11) is 0. The maximum atomic E-state index is 12.8. The number of halogens is 3. The van der Waals surface area contributed by atoms with Crippen LogP contribution in [-0.4, -0.2) is 46.8 Å². The Morgan fingerprint density at radius 1 is 1.21 bits per heavy atom. The largest absolute Gasteiger partial charge is 0.462 e. The highest BCUT2D eigenvalue weighted by molar-refractivity contribution is 5.88. The fraction of sp³-hybridized carbons (Fsp3) is 0.450. The average Bonchev–Trinajstić information content (AvgIpc) is 2.73. The Balaban J connectivity index is 1.78. The number of nitrogens with zero attached hydrogens (tertiary/aromatic N) is 3. The molecule has 29 heavy (non-hydrogen) atoms. The monoisotopic (exact) mass is 409 g/mol. The third-order valence-electron chi connectivity index (χ3n) is 5.03. The van der Waals surface area contributed by atoms with Gasteiger partial charge in [-0.3, -0.25) is 0 Å². The highest BCUT2D eigenvalue weighted by Crippen LogP contribution is 2.34. The first-order valence-electron chi connectivity index (χ1n) is 9.37. The van der Waals surface area contributed by atoms with E-state index in [9.17, 15) is 23.1 Å². The van der Waals surface area contributed by atoms with E-state index in [1.54, 1.807) is 6.92 Å². The molecule has 1 fully saturated rings. The summed E-state index contributed by atoms with van der Waals surface area (Å²) >= 11 is 0. The second-order valence-electron chi connectivity index (χ2n) is 6.88. The minimum Gasteiger partial charge on any atom is -0.462 e. The van der Waals surface area contributed by atoms with Gasteiger partial charge in [0.25, 0.3) is 0 Å². The van der Waals surface area contributed by atoms with Gasteiger partial charge in [0, 0.05) is 24.9 Å². The zero-order valence-corrected chi connectivity index (χ0v) is 15.9. The minimum absolute atomic E-state index is 0.0200. The SMILES string of the molecule is CCOC(=O)c1cnc(N2CC(c3ccc(C(F)(F)F)cc3)CC[C@@H]2CO)nc1. The Hall–Kier alpha value is -2.68. The van der Waals surface area contributed by atoms with Crippen LogP contribution in [0.5, 0.6) is 0 Å². The maximum Gasteiger partial charge on any atom is 0.416 e. The lowest BCUT2D eigenvalue weighted by Gasteiger charge is -2.39. The van der Waals surface area contributed by atoms with Crippen LogP contribution in [0.25, 0.3) is 0 Å². The highest BCUT2D eigenvalue weighted by atomic mass is 19.4. The van der Waals surface area contributed by atoms with Gasteiger partial charge in [-0.05, 0) is 37.5 Å². The molecule has 0 bridgehead atoms. The number of carbonyl (C=O) groups excluding carboxylic acids is 1. The molecule has 0 amide bonds. The summed E-state index contributed by atoms with van der Waals surface area (Å²) in [6, 6.07) is 4.96. The van der Waals surface area contributed by atoms with Crippen LogP contribution in [0, 0.1) is 0 Å². The summed E-state index contributed by atoms with van der Waals surface area (Å²) in [5, 5.41) is 9.72. The molecule has 2 aromatic rings. The molecule has 1 aromatic heterocycles. The Morgan fingerprint density at radius 3 is 2.41 bits per heavy atom. The molecule has 1 aliphatic rings. The molecule has 3 rings (SSSR count). The average molecular weight is 409 g/mol. The number of esters is 1. The van der Waals surface area contributed by atoms with Crippen molar-refractivity contribution in [1.29, 1.82) is 0 Å². The fourth-order valence-electron chi connectivity index (χ4n) is 3.47. The first-order valence-corrected chi connectivity index (χ1v) is 9.37. The van der Waals surface area contributed by atoms with E-state index in [1.165, 1.54) is 24.5 Å². The number of benzene rings is 1. The van der Waals surface area contributed by atoms with Crippen molar-refractivity contribution in [3.8, 4) is 0 Å². The van der Waals surface area contributed by atoms with E-state index >= 15 is 0 Å². The van der Waals surface area contributed by atoms with Gasteiger partial charge < -0.3 is 14.7 Å². The van der Waals surface area contributed by atoms with E-state index in [1.807, 2.05) is 4.90 Å². The summed E-state index contributed by atoms with van der Waals surface area (Å²) in [5.74, 6) is -0.179. The van der Waals surface area contributed by atoms with Gasteiger partial charge in [-0.25, -0.2) is 14.8 Å². The fourth-order valence-corrected chi connectivity index (χ4v) is 3.47. The summed E-state index contributed by atoms with van der Waals surface area (Å²) in [6.45, 7) is 2.31. The van der Waals surface area contributed by atoms with Crippen LogP contribution in [0.1, 0.15) is 47.2 Å². The topological polar surface area (TPSA) is 75.5 Å². The van der Waals surface area contributed by atoms with Crippen molar-refractivity contribution in [3.05, 3.63) is 53.3 Å². The van der Waals surface area contributed by atoms with Crippen LogP contribution in [0.4, 0.5) is 19.1 Å². The smallest absolute Gasteiger partial charge is 0.416 e. The van der Waals surface area contributed by atoms with Crippen molar-refractivity contribution in [3.63, 3.8) is 0 Å². The van der Waals surface area contributed by atoms with E-state index in [2.05, 4.69) is 9.97 Å². The Bertz CT molecular complexity index is 826. The molecule has 6 nitrogen and oxygen atoms in total. The number of anilines is 1. The molecule has 0 aliphatic carbocycles. The molecule has 1 unspecified atom stereocenters. The lowest BCUT2D eigenvalue weighted by molar-refractivity contribution is -0.137. The van der Waals surface area contributed by atoms with Crippen molar-refractivity contribution < 1.29 is 27.8 Å². The lowest BCUT2D eigenvalue weighted by Crippen LogP contribution is -2.45. The van der Waals surface area contributed by atoms with Crippen molar-refractivity contribution >= 4 is 11.9 Å². The van der Waals surface area contributed by atoms with Gasteiger partial charge in [0.05, 0.1) is 30.4 Å². The van der Waals surface area contributed by atoms with Crippen molar-refractivity contribution in [1.82, 2.24) is 9.97 Å². The third kappa shape index (κ3) is 4.84. The van der Waals surface area contributed by atoms with Crippen LogP contribution in [0.15, 0.2) is 36.7 Å². The summed E-state index contributed by atoms with van der Waals surface area (Å²) < 4.78 is 43.3. The predicted molar refractivity (Wildman–Crippen MR) is 99.6 cm³/mol. The van der Waals surface area contributed by atoms with Crippen LogP contribution in [0.2, 0.25) is 0 Å². The Kier molecular flexibility index (Phi) is 6.36. The van der Waals surface area contributed by atoms with Gasteiger partial charge in [0.2, 0.25) is 5.95 Å². The van der Waals surface area contributed by atoms with Crippen molar-refractivity contribution in [2.75, 3.05) is 24.7 Å². The standard InChI is InChI=1S/C20H22F3N3O3/c1-2-29-18(28)15-9-24-19(25-10-15)26-11-14(5-8-17(26)12-27)13-3-6-16(7-4-13)20(21,22)23/h3-4,6-7,9-10,14,17,27H,2,5,8,11-12H2,1H3/t14?,17-/m1/s1. The maximum absolute atomic E-state index is 12.8. The lowest BCUT2D eigenvalue weighted by atomic mass is 9.87. The number of rotatable bonds is 5. The molecule has 9 heteroatoms. The number of aliphatic hydroxyl groups is 1. The summed E-state index contributed by atoms with van der Waals surface area (Å²) in [5.41, 5.74) is 0.343. The molecule has 0 radical (unpaired) electrons. The van der Waals surface area contributed by atoms with Gasteiger partial charge in [0.15, 0.2) is 0 Å². The predicted octanol–water partition coefficient (Wildman–Crippen LogP) is 3.42. The van der Waals surface area contributed by atoms with Gasteiger partial charge in [-0.2, -0.15) is 13.2 Å². The molecule has 0 saturated carbocycles. The molecule has 0 spiro atoms. The number of ether oxygens (including phenoxy) is 1. The third-order valence-corrected chi connectivity index (χ3v) is 5.03. The quantitative estimate of drug-likeness (QED) is 0.763. The molecular formula is C20H22F3N3O3. The van der Waals surface area contributed by atoms with Gasteiger partial charge in [0.1, 0.15) is 0 Å². The Labute approximate surface area is 166 Å². The molecule has 1 N–H and O–H groups in total. The molecule has 1 aromatic carbocycles. The number of aromatic nitrogens is 2. The number of piperidine rings is 1. The van der Waals surface area contributed by atoms with E-state index in [4.69, 9.17) is 4.74 Å². The summed E-state index contributed by atoms with van der Waals surface area (Å²) in [4.78, 5) is 22.1. The first-order chi connectivity index (χ1) is 13.8. The van der Waals surface area contributed by atoms with Gasteiger partial charge in [-0.1, -0.05) is 12.1 Å². The van der Waals surface area contributed by atoms with Gasteiger partial charge >= 0.3 is 12.1 Å². The van der Waals surface area contributed by atoms with Gasteiger partial charge in [-0.15, -0.1) is 0 Å². The molecule has 2 atom stereocenters. The zero-order valence-electron chi connectivity index (χ0n) is 15.9. The number of hydrogen-bond donors (Lipinski definition) is 1. The van der Waals surface area contributed by atoms with E-state index in [-0.39, 0.29) is 30.7 Å². The second kappa shape index (κ2) is 8.77. The normalized spacial score (nSPS) is 19.8. The highest BCUT2D eigenvalue weighted by Gasteiger charge is 2.33. The van der Waals surface area contributed by atoms with E-state index in [0.717, 1.165) is 24.1 Å². The second-order valence-corrected chi connectivity index (χ2v) is 6.88. The van der Waals surface area contributed by atoms with E-state index < -0.39 is 17.7 Å². The number of carbonyl (C=O) groups is 1. The van der Waals surface area contributed by atoms with Crippen LogP contribution >= 0.6 is 0 Å². The van der Waals surface area contributed by atoms with Crippen LogP contribution in [0.3, 0.4) is 0 Å². The molecule has 2 heterocycles. The molecule has 1 aliphatic heterocycles. The molecular weight excluding hydrogens is 387 g/mol. The minimum atomic E-state index is -4.37.